The molecule has 0 spiro atoms. The number of carbonyl (C=O) groups excluding carboxylic acids is 1. The Balaban J connectivity index is 2.22. The van der Waals surface area contributed by atoms with Crippen LogP contribution in [0.5, 0.6) is 0 Å². The summed E-state index contributed by atoms with van der Waals surface area (Å²) in [5.74, 6) is 0.491. The molecule has 3 heteroatoms. The molecule has 0 radical (unpaired) electrons. The van der Waals surface area contributed by atoms with Gasteiger partial charge in [-0.05, 0) is 5.92 Å². The molecule has 1 aliphatic heterocycles. The Kier molecular flexibility index (Phi) is 3.29. The number of hydrogen-bond donors (Lipinski definition) is 0. The minimum atomic E-state index is -0.353. The highest BCUT2D eigenvalue weighted by Crippen LogP contribution is 2.19. The molecule has 68 valence electrons. The summed E-state index contributed by atoms with van der Waals surface area (Å²) in [6.07, 6.45) is 1.18. The summed E-state index contributed by atoms with van der Waals surface area (Å²) >= 11 is 0. The van der Waals surface area contributed by atoms with E-state index in [1.165, 1.54) is 6.08 Å². The second-order valence-corrected chi connectivity index (χ2v) is 3.11. The molecule has 0 bridgehead atoms. The average Bonchev–Trinajstić information content (AvgIpc) is 2.47. The van der Waals surface area contributed by atoms with Gasteiger partial charge < -0.3 is 9.47 Å². The SMILES string of the molecule is C=CC(=O)OCC1COCC1C. The summed E-state index contributed by atoms with van der Waals surface area (Å²) < 4.78 is 10.1. The fraction of sp³-hybridized carbons (Fsp3) is 0.667. The Morgan fingerprint density at radius 2 is 2.50 bits per heavy atom. The highest BCUT2D eigenvalue weighted by Gasteiger charge is 2.24. The van der Waals surface area contributed by atoms with Crippen LogP contribution < -0.4 is 0 Å². The first-order valence-corrected chi connectivity index (χ1v) is 4.11. The van der Waals surface area contributed by atoms with Gasteiger partial charge in [-0.25, -0.2) is 4.79 Å². The van der Waals surface area contributed by atoms with Gasteiger partial charge in [0, 0.05) is 18.6 Å². The van der Waals surface area contributed by atoms with Gasteiger partial charge in [-0.2, -0.15) is 0 Å². The molecule has 1 aliphatic rings. The summed E-state index contributed by atoms with van der Waals surface area (Å²) in [7, 11) is 0. The molecule has 0 aromatic rings. The van der Waals surface area contributed by atoms with Crippen LogP contribution in [0.4, 0.5) is 0 Å². The van der Waals surface area contributed by atoms with Crippen LogP contribution in [0, 0.1) is 11.8 Å². The van der Waals surface area contributed by atoms with E-state index in [1.807, 2.05) is 0 Å². The number of rotatable bonds is 3. The molecule has 0 amide bonds. The van der Waals surface area contributed by atoms with E-state index in [2.05, 4.69) is 13.5 Å². The normalized spacial score (nSPS) is 28.4. The summed E-state index contributed by atoms with van der Waals surface area (Å²) in [5, 5.41) is 0. The number of carbonyl (C=O) groups is 1. The first-order valence-electron chi connectivity index (χ1n) is 4.11. The molecule has 1 rings (SSSR count). The van der Waals surface area contributed by atoms with Crippen LogP contribution >= 0.6 is 0 Å². The van der Waals surface area contributed by atoms with Gasteiger partial charge in [0.15, 0.2) is 0 Å². The van der Waals surface area contributed by atoms with E-state index < -0.39 is 0 Å². The predicted molar refractivity (Wildman–Crippen MR) is 44.6 cm³/mol. The molecule has 12 heavy (non-hydrogen) atoms. The molecule has 1 fully saturated rings. The van der Waals surface area contributed by atoms with Crippen molar-refractivity contribution in [2.75, 3.05) is 19.8 Å². The van der Waals surface area contributed by atoms with Crippen molar-refractivity contribution in [2.45, 2.75) is 6.92 Å². The zero-order chi connectivity index (χ0) is 8.97. The molecule has 2 atom stereocenters. The Bertz CT molecular complexity index is 177. The third-order valence-corrected chi connectivity index (χ3v) is 2.12. The largest absolute Gasteiger partial charge is 0.462 e. The molecule has 1 heterocycles. The lowest BCUT2D eigenvalue weighted by molar-refractivity contribution is -0.139. The summed E-state index contributed by atoms with van der Waals surface area (Å²) in [4.78, 5) is 10.7. The minimum Gasteiger partial charge on any atom is -0.462 e. The van der Waals surface area contributed by atoms with Gasteiger partial charge in [-0.3, -0.25) is 0 Å². The molecule has 0 N–H and O–H groups in total. The van der Waals surface area contributed by atoms with Crippen molar-refractivity contribution < 1.29 is 14.3 Å². The van der Waals surface area contributed by atoms with Gasteiger partial charge in [0.05, 0.1) is 13.2 Å². The lowest BCUT2D eigenvalue weighted by Gasteiger charge is -2.11. The monoisotopic (exact) mass is 170 g/mol. The van der Waals surface area contributed by atoms with Crippen LogP contribution in [0.15, 0.2) is 12.7 Å². The molecule has 3 nitrogen and oxygen atoms in total. The Hall–Kier alpha value is -0.830. The van der Waals surface area contributed by atoms with Crippen molar-refractivity contribution in [1.82, 2.24) is 0 Å². The van der Waals surface area contributed by atoms with Crippen molar-refractivity contribution in [3.05, 3.63) is 12.7 Å². The van der Waals surface area contributed by atoms with E-state index in [1.54, 1.807) is 0 Å². The van der Waals surface area contributed by atoms with Crippen molar-refractivity contribution >= 4 is 5.97 Å². The van der Waals surface area contributed by atoms with Crippen molar-refractivity contribution in [3.8, 4) is 0 Å². The van der Waals surface area contributed by atoms with Crippen molar-refractivity contribution in [2.24, 2.45) is 11.8 Å². The first kappa shape index (κ1) is 9.26. The van der Waals surface area contributed by atoms with Gasteiger partial charge in [0.2, 0.25) is 0 Å². The summed E-state index contributed by atoms with van der Waals surface area (Å²) in [5.41, 5.74) is 0. The van der Waals surface area contributed by atoms with E-state index in [-0.39, 0.29) is 5.97 Å². The van der Waals surface area contributed by atoms with Gasteiger partial charge >= 0.3 is 5.97 Å². The highest BCUT2D eigenvalue weighted by molar-refractivity contribution is 5.81. The lowest BCUT2D eigenvalue weighted by Crippen LogP contribution is -2.17. The predicted octanol–water partition coefficient (Wildman–Crippen LogP) is 0.998. The number of hydrogen-bond acceptors (Lipinski definition) is 3. The van der Waals surface area contributed by atoms with Gasteiger partial charge in [-0.1, -0.05) is 13.5 Å². The van der Waals surface area contributed by atoms with Crippen LogP contribution in [-0.2, 0) is 14.3 Å². The Morgan fingerprint density at radius 3 is 3.00 bits per heavy atom. The molecular formula is C9H14O3. The van der Waals surface area contributed by atoms with Crippen LogP contribution in [0.2, 0.25) is 0 Å². The molecule has 2 unspecified atom stereocenters. The standard InChI is InChI=1S/C9H14O3/c1-3-9(10)12-6-8-5-11-4-7(8)2/h3,7-8H,1,4-6H2,2H3. The highest BCUT2D eigenvalue weighted by atomic mass is 16.5. The smallest absolute Gasteiger partial charge is 0.330 e. The van der Waals surface area contributed by atoms with Gasteiger partial charge in [0.1, 0.15) is 0 Å². The van der Waals surface area contributed by atoms with Gasteiger partial charge in [-0.15, -0.1) is 0 Å². The molecule has 1 saturated heterocycles. The van der Waals surface area contributed by atoms with Crippen molar-refractivity contribution in [3.63, 3.8) is 0 Å². The summed E-state index contributed by atoms with van der Waals surface area (Å²) in [6.45, 7) is 7.34. The van der Waals surface area contributed by atoms with E-state index in [4.69, 9.17) is 9.47 Å². The molecule has 0 aliphatic carbocycles. The molecule has 0 saturated carbocycles. The zero-order valence-electron chi connectivity index (χ0n) is 7.29. The maximum absolute atomic E-state index is 10.7. The van der Waals surface area contributed by atoms with Crippen LogP contribution in [0.3, 0.4) is 0 Å². The third-order valence-electron chi connectivity index (χ3n) is 2.12. The van der Waals surface area contributed by atoms with E-state index >= 15 is 0 Å². The topological polar surface area (TPSA) is 35.5 Å². The second kappa shape index (κ2) is 4.26. The third kappa shape index (κ3) is 2.34. The maximum Gasteiger partial charge on any atom is 0.330 e. The number of ether oxygens (including phenoxy) is 2. The second-order valence-electron chi connectivity index (χ2n) is 3.11. The minimum absolute atomic E-state index is 0.353. The van der Waals surface area contributed by atoms with Crippen LogP contribution in [-0.4, -0.2) is 25.8 Å². The molecule has 0 aromatic heterocycles. The zero-order valence-corrected chi connectivity index (χ0v) is 7.29. The van der Waals surface area contributed by atoms with E-state index in [9.17, 15) is 4.79 Å². The van der Waals surface area contributed by atoms with Crippen LogP contribution in [0.25, 0.3) is 0 Å². The molecular weight excluding hydrogens is 156 g/mol. The summed E-state index contributed by atoms with van der Waals surface area (Å²) in [6, 6.07) is 0. The fourth-order valence-corrected chi connectivity index (χ4v) is 1.17. The Labute approximate surface area is 72.4 Å². The Morgan fingerprint density at radius 1 is 1.75 bits per heavy atom. The van der Waals surface area contributed by atoms with E-state index in [0.29, 0.717) is 25.0 Å². The van der Waals surface area contributed by atoms with Gasteiger partial charge in [0.25, 0.3) is 0 Å². The number of esters is 1. The first-order chi connectivity index (χ1) is 5.74. The van der Waals surface area contributed by atoms with E-state index in [0.717, 1.165) is 6.61 Å². The average molecular weight is 170 g/mol. The quantitative estimate of drug-likeness (QED) is 0.468. The molecule has 0 aromatic carbocycles. The fourth-order valence-electron chi connectivity index (χ4n) is 1.17. The maximum atomic E-state index is 10.7. The van der Waals surface area contributed by atoms with Crippen molar-refractivity contribution in [1.29, 1.82) is 0 Å². The lowest BCUT2D eigenvalue weighted by atomic mass is 9.99. The van der Waals surface area contributed by atoms with Crippen LogP contribution in [0.1, 0.15) is 6.92 Å².